The van der Waals surface area contributed by atoms with Crippen molar-refractivity contribution in [3.8, 4) is 11.8 Å². The molecule has 0 saturated heterocycles. The molecule has 33 heavy (non-hydrogen) atoms. The molecular weight excluding hydrogens is 410 g/mol. The third kappa shape index (κ3) is 6.18. The lowest BCUT2D eigenvalue weighted by Crippen LogP contribution is -2.21. The van der Waals surface area contributed by atoms with Crippen molar-refractivity contribution in [2.24, 2.45) is 0 Å². The van der Waals surface area contributed by atoms with Gasteiger partial charge in [0.1, 0.15) is 11.4 Å². The van der Waals surface area contributed by atoms with E-state index in [0.717, 1.165) is 33.3 Å². The molecule has 4 rings (SSSR count). The van der Waals surface area contributed by atoms with Crippen molar-refractivity contribution in [2.75, 3.05) is 0 Å². The zero-order valence-corrected chi connectivity index (χ0v) is 18.3. The van der Waals surface area contributed by atoms with Gasteiger partial charge < -0.3 is 10.3 Å². The van der Waals surface area contributed by atoms with E-state index in [9.17, 15) is 9.59 Å². The van der Waals surface area contributed by atoms with E-state index in [2.05, 4.69) is 27.1 Å². The summed E-state index contributed by atoms with van der Waals surface area (Å²) in [6, 6.07) is 21.3. The second-order valence-electron chi connectivity index (χ2n) is 7.82. The highest BCUT2D eigenvalue weighted by Crippen LogP contribution is 2.18. The maximum atomic E-state index is 12.5. The van der Waals surface area contributed by atoms with E-state index in [-0.39, 0.29) is 11.7 Å². The van der Waals surface area contributed by atoms with E-state index in [1.807, 2.05) is 72.9 Å². The van der Waals surface area contributed by atoms with Gasteiger partial charge in [0.25, 0.3) is 5.91 Å². The van der Waals surface area contributed by atoms with E-state index in [0.29, 0.717) is 32.2 Å². The molecule has 5 nitrogen and oxygen atoms in total. The van der Waals surface area contributed by atoms with Crippen molar-refractivity contribution >= 4 is 22.7 Å². The van der Waals surface area contributed by atoms with Gasteiger partial charge in [-0.25, -0.2) is 4.98 Å². The Hall–Kier alpha value is -4.17. The van der Waals surface area contributed by atoms with Gasteiger partial charge in [0.15, 0.2) is 0 Å². The summed E-state index contributed by atoms with van der Waals surface area (Å²) < 4.78 is 0. The van der Waals surface area contributed by atoms with Crippen LogP contribution >= 0.6 is 0 Å². The van der Waals surface area contributed by atoms with Gasteiger partial charge in [-0.1, -0.05) is 48.4 Å². The van der Waals surface area contributed by atoms with Crippen molar-refractivity contribution < 1.29 is 9.59 Å². The van der Waals surface area contributed by atoms with E-state index < -0.39 is 0 Å². The smallest absolute Gasteiger partial charge is 0.296 e. The van der Waals surface area contributed by atoms with Crippen LogP contribution in [0.25, 0.3) is 11.0 Å². The van der Waals surface area contributed by atoms with Crippen LogP contribution in [0.2, 0.25) is 0 Å². The molecule has 2 N–H and O–H groups in total. The molecule has 0 saturated carbocycles. The SMILES string of the molecule is O=C(CCc1ccccc1CNC(=O)C#Cc1ccccc1)CCc1ccnc2[nH]ccc12. The number of rotatable bonds is 8. The molecule has 0 aliphatic rings. The first-order chi connectivity index (χ1) is 16.2. The second-order valence-corrected chi connectivity index (χ2v) is 7.82. The van der Waals surface area contributed by atoms with Crippen LogP contribution in [-0.4, -0.2) is 21.7 Å². The van der Waals surface area contributed by atoms with Crippen LogP contribution in [0.15, 0.2) is 79.1 Å². The maximum Gasteiger partial charge on any atom is 0.296 e. The highest BCUT2D eigenvalue weighted by molar-refractivity contribution is 5.94. The predicted octanol–water partition coefficient (Wildman–Crippen LogP) is 4.37. The van der Waals surface area contributed by atoms with Gasteiger partial charge in [-0.3, -0.25) is 9.59 Å². The van der Waals surface area contributed by atoms with Gasteiger partial charge in [-0.2, -0.15) is 0 Å². The van der Waals surface area contributed by atoms with Crippen LogP contribution in [0.3, 0.4) is 0 Å². The van der Waals surface area contributed by atoms with Crippen molar-refractivity contribution in [3.05, 3.63) is 101 Å². The second kappa shape index (κ2) is 10.9. The average molecular weight is 436 g/mol. The molecule has 2 aromatic heterocycles. The Morgan fingerprint density at radius 1 is 0.848 bits per heavy atom. The number of nitrogens with zero attached hydrogens (tertiary/aromatic N) is 1. The maximum absolute atomic E-state index is 12.5. The monoisotopic (exact) mass is 435 g/mol. The summed E-state index contributed by atoms with van der Waals surface area (Å²) in [5.74, 6) is 5.38. The molecule has 2 aromatic carbocycles. The molecular formula is C28H25N3O2. The van der Waals surface area contributed by atoms with E-state index >= 15 is 0 Å². The standard InChI is InChI=1S/C28H25N3O2/c32-25(14-12-23-16-18-29-28-26(23)17-19-30-28)13-11-22-8-4-5-9-24(22)20-31-27(33)15-10-21-6-2-1-3-7-21/h1-9,16-19H,11-14,20H2,(H,29,30)(H,31,33). The van der Waals surface area contributed by atoms with Crippen LogP contribution < -0.4 is 5.32 Å². The lowest BCUT2D eigenvalue weighted by atomic mass is 9.98. The molecule has 0 bridgehead atoms. The molecule has 0 aliphatic carbocycles. The number of H-pyrrole nitrogens is 1. The first-order valence-electron chi connectivity index (χ1n) is 11.0. The minimum Gasteiger partial charge on any atom is -0.346 e. The first-order valence-corrected chi connectivity index (χ1v) is 11.0. The summed E-state index contributed by atoms with van der Waals surface area (Å²) in [5.41, 5.74) is 4.86. The number of hydrogen-bond acceptors (Lipinski definition) is 3. The highest BCUT2D eigenvalue weighted by atomic mass is 16.1. The number of Topliss-reactive ketones (excluding diaryl/α,β-unsaturated/α-hetero) is 1. The number of carbonyl (C=O) groups excluding carboxylic acids is 2. The van der Waals surface area contributed by atoms with Crippen LogP contribution in [0, 0.1) is 11.8 Å². The Bertz CT molecular complexity index is 1310. The van der Waals surface area contributed by atoms with Gasteiger partial charge in [-0.05, 0) is 53.8 Å². The molecule has 0 unspecified atom stereocenters. The largest absolute Gasteiger partial charge is 0.346 e. The van der Waals surface area contributed by atoms with Crippen molar-refractivity contribution in [2.45, 2.75) is 32.2 Å². The fourth-order valence-corrected chi connectivity index (χ4v) is 3.75. The minimum atomic E-state index is -0.321. The highest BCUT2D eigenvalue weighted by Gasteiger charge is 2.09. The Kier molecular flexibility index (Phi) is 7.29. The lowest BCUT2D eigenvalue weighted by Gasteiger charge is -2.09. The molecule has 0 fully saturated rings. The molecule has 4 aromatic rings. The molecule has 0 aliphatic heterocycles. The molecule has 0 atom stereocenters. The topological polar surface area (TPSA) is 74.8 Å². The van der Waals surface area contributed by atoms with Gasteiger partial charge in [0.2, 0.25) is 0 Å². The average Bonchev–Trinajstić information content (AvgIpc) is 3.34. The van der Waals surface area contributed by atoms with Gasteiger partial charge in [-0.15, -0.1) is 0 Å². The fraction of sp³-hybridized carbons (Fsp3) is 0.179. The Morgan fingerprint density at radius 3 is 2.39 bits per heavy atom. The summed E-state index contributed by atoms with van der Waals surface area (Å²) in [6.45, 7) is 0.384. The number of aromatic amines is 1. The summed E-state index contributed by atoms with van der Waals surface area (Å²) >= 11 is 0. The van der Waals surface area contributed by atoms with Gasteiger partial charge in [0.05, 0.1) is 0 Å². The van der Waals surface area contributed by atoms with Crippen molar-refractivity contribution in [3.63, 3.8) is 0 Å². The van der Waals surface area contributed by atoms with Crippen LogP contribution in [-0.2, 0) is 29.0 Å². The van der Waals surface area contributed by atoms with Gasteiger partial charge >= 0.3 is 0 Å². The lowest BCUT2D eigenvalue weighted by molar-refractivity contribution is -0.119. The normalized spacial score (nSPS) is 10.4. The van der Waals surface area contributed by atoms with E-state index in [1.165, 1.54) is 0 Å². The molecule has 0 radical (unpaired) electrons. The fourth-order valence-electron chi connectivity index (χ4n) is 3.75. The van der Waals surface area contributed by atoms with Crippen LogP contribution in [0.1, 0.15) is 35.1 Å². The Balaban J connectivity index is 1.28. The number of amides is 1. The number of benzene rings is 2. The van der Waals surface area contributed by atoms with Crippen molar-refractivity contribution in [1.29, 1.82) is 0 Å². The van der Waals surface area contributed by atoms with Crippen LogP contribution in [0.5, 0.6) is 0 Å². The molecule has 5 heteroatoms. The summed E-state index contributed by atoms with van der Waals surface area (Å²) in [4.78, 5) is 32.1. The van der Waals surface area contributed by atoms with E-state index in [1.54, 1.807) is 6.20 Å². The van der Waals surface area contributed by atoms with Crippen LogP contribution in [0.4, 0.5) is 0 Å². The van der Waals surface area contributed by atoms with Gasteiger partial charge in [0, 0.05) is 48.7 Å². The number of pyridine rings is 1. The Morgan fingerprint density at radius 2 is 1.58 bits per heavy atom. The third-order valence-electron chi connectivity index (χ3n) is 5.55. The predicted molar refractivity (Wildman–Crippen MR) is 129 cm³/mol. The number of fused-ring (bicyclic) bond motifs is 1. The zero-order valence-electron chi connectivity index (χ0n) is 18.3. The molecule has 0 spiro atoms. The third-order valence-corrected chi connectivity index (χ3v) is 5.55. The quantitative estimate of drug-likeness (QED) is 0.404. The molecule has 164 valence electrons. The minimum absolute atomic E-state index is 0.225. The molecule has 2 heterocycles. The number of aryl methyl sites for hydroxylation is 2. The molecule has 1 amide bonds. The van der Waals surface area contributed by atoms with E-state index in [4.69, 9.17) is 0 Å². The summed E-state index contributed by atoms with van der Waals surface area (Å²) in [7, 11) is 0. The Labute approximate surface area is 193 Å². The summed E-state index contributed by atoms with van der Waals surface area (Å²) in [5, 5.41) is 3.92. The number of nitrogens with one attached hydrogen (secondary N) is 2. The number of carbonyl (C=O) groups is 2. The number of hydrogen-bond donors (Lipinski definition) is 2. The zero-order chi connectivity index (χ0) is 22.9. The summed E-state index contributed by atoms with van der Waals surface area (Å²) in [6.07, 6.45) is 5.96. The first kappa shape index (κ1) is 22.0. The number of ketones is 1. The number of aromatic nitrogens is 2. The van der Waals surface area contributed by atoms with Crippen molar-refractivity contribution in [1.82, 2.24) is 15.3 Å².